The summed E-state index contributed by atoms with van der Waals surface area (Å²) in [7, 11) is 0. The first-order chi connectivity index (χ1) is 9.20. The first-order valence-electron chi connectivity index (χ1n) is 5.79. The molecule has 2 rings (SSSR count). The monoisotopic (exact) mass is 296 g/mol. The van der Waals surface area contributed by atoms with Crippen molar-refractivity contribution in [1.82, 2.24) is 5.43 Å². The number of nitrogens with two attached hydrogens (primary N) is 1. The van der Waals surface area contributed by atoms with Crippen LogP contribution in [0.25, 0.3) is 0 Å². The van der Waals surface area contributed by atoms with Gasteiger partial charge in [-0.2, -0.15) is 0 Å². The molecule has 0 aliphatic rings. The maximum atomic E-state index is 12.9. The van der Waals surface area contributed by atoms with Crippen molar-refractivity contribution in [3.63, 3.8) is 0 Å². The van der Waals surface area contributed by atoms with Crippen LogP contribution in [0.15, 0.2) is 53.4 Å². The van der Waals surface area contributed by atoms with E-state index in [9.17, 15) is 4.39 Å². The van der Waals surface area contributed by atoms with Gasteiger partial charge in [-0.05, 0) is 29.8 Å². The number of hydrazine groups is 1. The number of hydrogen-bond acceptors (Lipinski definition) is 3. The van der Waals surface area contributed by atoms with Crippen molar-refractivity contribution in [3.8, 4) is 0 Å². The predicted molar refractivity (Wildman–Crippen MR) is 78.6 cm³/mol. The average molecular weight is 297 g/mol. The van der Waals surface area contributed by atoms with E-state index in [0.717, 1.165) is 15.5 Å². The van der Waals surface area contributed by atoms with Gasteiger partial charge >= 0.3 is 0 Å². The summed E-state index contributed by atoms with van der Waals surface area (Å²) in [5.74, 6) is 6.02. The molecular formula is C14H14ClFN2S. The number of hydrogen-bond donors (Lipinski definition) is 2. The minimum Gasteiger partial charge on any atom is -0.271 e. The molecule has 2 aromatic carbocycles. The molecule has 1 atom stereocenters. The van der Waals surface area contributed by atoms with Gasteiger partial charge in [0.05, 0.1) is 11.1 Å². The van der Waals surface area contributed by atoms with Gasteiger partial charge in [-0.1, -0.05) is 35.9 Å². The molecule has 19 heavy (non-hydrogen) atoms. The van der Waals surface area contributed by atoms with E-state index in [4.69, 9.17) is 17.4 Å². The van der Waals surface area contributed by atoms with Crippen LogP contribution in [0.1, 0.15) is 11.6 Å². The fourth-order valence-corrected chi connectivity index (χ4v) is 2.99. The number of halogens is 2. The second-order valence-electron chi connectivity index (χ2n) is 4.01. The second kappa shape index (κ2) is 6.91. The molecule has 0 saturated heterocycles. The lowest BCUT2D eigenvalue weighted by molar-refractivity contribution is 0.601. The largest absolute Gasteiger partial charge is 0.271 e. The molecule has 2 nitrogen and oxygen atoms in total. The van der Waals surface area contributed by atoms with Crippen LogP contribution in [0.2, 0.25) is 5.02 Å². The highest BCUT2D eigenvalue weighted by Gasteiger charge is 2.11. The number of benzene rings is 2. The molecule has 0 heterocycles. The van der Waals surface area contributed by atoms with Gasteiger partial charge < -0.3 is 0 Å². The predicted octanol–water partition coefficient (Wildman–Crippen LogP) is 3.78. The molecule has 0 saturated carbocycles. The maximum absolute atomic E-state index is 12.9. The molecule has 0 spiro atoms. The van der Waals surface area contributed by atoms with Crippen LogP contribution >= 0.6 is 23.4 Å². The van der Waals surface area contributed by atoms with E-state index < -0.39 is 0 Å². The van der Waals surface area contributed by atoms with Gasteiger partial charge in [0.1, 0.15) is 5.82 Å². The van der Waals surface area contributed by atoms with Crippen molar-refractivity contribution >= 4 is 23.4 Å². The molecule has 5 heteroatoms. The van der Waals surface area contributed by atoms with Crippen molar-refractivity contribution in [2.45, 2.75) is 10.9 Å². The van der Waals surface area contributed by atoms with Crippen LogP contribution < -0.4 is 11.3 Å². The van der Waals surface area contributed by atoms with E-state index in [-0.39, 0.29) is 11.9 Å². The Bertz CT molecular complexity index is 533. The SMILES string of the molecule is NNC(CSc1ccccc1Cl)c1ccc(F)cc1. The van der Waals surface area contributed by atoms with Crippen LogP contribution in [-0.4, -0.2) is 5.75 Å². The van der Waals surface area contributed by atoms with E-state index in [0.29, 0.717) is 5.75 Å². The zero-order valence-corrected chi connectivity index (χ0v) is 11.7. The smallest absolute Gasteiger partial charge is 0.123 e. The molecule has 100 valence electrons. The molecule has 0 bridgehead atoms. The Kier molecular flexibility index (Phi) is 5.22. The molecule has 1 unspecified atom stereocenters. The van der Waals surface area contributed by atoms with Gasteiger partial charge in [0.2, 0.25) is 0 Å². The number of rotatable bonds is 5. The molecule has 0 aromatic heterocycles. The van der Waals surface area contributed by atoms with Gasteiger partial charge in [0.15, 0.2) is 0 Å². The highest BCUT2D eigenvalue weighted by atomic mass is 35.5. The molecule has 3 N–H and O–H groups in total. The summed E-state index contributed by atoms with van der Waals surface area (Å²) in [6.45, 7) is 0. The third-order valence-electron chi connectivity index (χ3n) is 2.72. The van der Waals surface area contributed by atoms with Gasteiger partial charge in [-0.15, -0.1) is 11.8 Å². The topological polar surface area (TPSA) is 38.0 Å². The summed E-state index contributed by atoms with van der Waals surface area (Å²) in [5, 5.41) is 0.724. The molecule has 2 aromatic rings. The van der Waals surface area contributed by atoms with Gasteiger partial charge in [-0.3, -0.25) is 11.3 Å². The molecule has 0 radical (unpaired) electrons. The third-order valence-corrected chi connectivity index (χ3v) is 4.32. The normalized spacial score (nSPS) is 12.4. The lowest BCUT2D eigenvalue weighted by Gasteiger charge is -2.16. The Hall–Kier alpha value is -1.07. The van der Waals surface area contributed by atoms with Crippen molar-refractivity contribution in [2.75, 3.05) is 5.75 Å². The van der Waals surface area contributed by atoms with Crippen molar-refractivity contribution in [1.29, 1.82) is 0 Å². The Morgan fingerprint density at radius 3 is 2.47 bits per heavy atom. The Morgan fingerprint density at radius 1 is 1.16 bits per heavy atom. The second-order valence-corrected chi connectivity index (χ2v) is 5.48. The first-order valence-corrected chi connectivity index (χ1v) is 7.16. The van der Waals surface area contributed by atoms with E-state index in [2.05, 4.69) is 5.43 Å². The van der Waals surface area contributed by atoms with Crippen LogP contribution in [-0.2, 0) is 0 Å². The summed E-state index contributed by atoms with van der Waals surface area (Å²) in [6.07, 6.45) is 0. The summed E-state index contributed by atoms with van der Waals surface area (Å²) in [6, 6.07) is 13.9. The minimum atomic E-state index is -0.252. The average Bonchev–Trinajstić information content (AvgIpc) is 2.43. The molecule has 0 aliphatic carbocycles. The Morgan fingerprint density at radius 2 is 1.84 bits per heavy atom. The van der Waals surface area contributed by atoms with E-state index in [1.165, 1.54) is 12.1 Å². The van der Waals surface area contributed by atoms with Crippen molar-refractivity contribution in [3.05, 3.63) is 64.9 Å². The van der Waals surface area contributed by atoms with Crippen LogP contribution in [0.5, 0.6) is 0 Å². The van der Waals surface area contributed by atoms with Crippen molar-refractivity contribution in [2.24, 2.45) is 5.84 Å². The fraction of sp³-hybridized carbons (Fsp3) is 0.143. The summed E-state index contributed by atoms with van der Waals surface area (Å²) in [5.41, 5.74) is 3.69. The molecule has 0 aliphatic heterocycles. The van der Waals surface area contributed by atoms with Crippen molar-refractivity contribution < 1.29 is 4.39 Å². The zero-order valence-electron chi connectivity index (χ0n) is 10.1. The lowest BCUT2D eigenvalue weighted by Crippen LogP contribution is -2.29. The molecule has 0 amide bonds. The van der Waals surface area contributed by atoms with E-state index >= 15 is 0 Å². The molecule has 0 fully saturated rings. The van der Waals surface area contributed by atoms with Gasteiger partial charge in [-0.25, -0.2) is 4.39 Å². The minimum absolute atomic E-state index is 0.0538. The quantitative estimate of drug-likeness (QED) is 0.501. The summed E-state index contributed by atoms with van der Waals surface area (Å²) >= 11 is 7.71. The Labute approximate surface area is 121 Å². The van der Waals surface area contributed by atoms with Gasteiger partial charge in [0.25, 0.3) is 0 Å². The number of thioether (sulfide) groups is 1. The number of nitrogens with one attached hydrogen (secondary N) is 1. The van der Waals surface area contributed by atoms with Crippen LogP contribution in [0.3, 0.4) is 0 Å². The Balaban J connectivity index is 2.04. The molecular weight excluding hydrogens is 283 g/mol. The summed E-state index contributed by atoms with van der Waals surface area (Å²) in [4.78, 5) is 1.01. The van der Waals surface area contributed by atoms with Gasteiger partial charge in [0, 0.05) is 10.6 Å². The highest BCUT2D eigenvalue weighted by molar-refractivity contribution is 7.99. The standard InChI is InChI=1S/C14H14ClFN2S/c15-12-3-1-2-4-14(12)19-9-13(18-17)10-5-7-11(16)8-6-10/h1-8,13,18H,9,17H2. The van der Waals surface area contributed by atoms with E-state index in [1.54, 1.807) is 23.9 Å². The zero-order chi connectivity index (χ0) is 13.7. The van der Waals surface area contributed by atoms with E-state index in [1.807, 2.05) is 24.3 Å². The third kappa shape index (κ3) is 3.94. The first kappa shape index (κ1) is 14.3. The summed E-state index contributed by atoms with van der Waals surface area (Å²) < 4.78 is 12.9. The lowest BCUT2D eigenvalue weighted by atomic mass is 10.1. The highest BCUT2D eigenvalue weighted by Crippen LogP contribution is 2.29. The fourth-order valence-electron chi connectivity index (χ4n) is 1.67. The van der Waals surface area contributed by atoms with Crippen LogP contribution in [0, 0.1) is 5.82 Å². The van der Waals surface area contributed by atoms with Crippen LogP contribution in [0.4, 0.5) is 4.39 Å². The maximum Gasteiger partial charge on any atom is 0.123 e.